The van der Waals surface area contributed by atoms with Gasteiger partial charge in [-0.2, -0.15) is 0 Å². The van der Waals surface area contributed by atoms with Crippen LogP contribution in [0.1, 0.15) is 31.4 Å². The van der Waals surface area contributed by atoms with Crippen LogP contribution >= 0.6 is 0 Å². The third kappa shape index (κ3) is 4.50. The van der Waals surface area contributed by atoms with Gasteiger partial charge in [-0.3, -0.25) is 20.2 Å². The van der Waals surface area contributed by atoms with Crippen molar-refractivity contribution in [2.24, 2.45) is 0 Å². The highest BCUT2D eigenvalue weighted by atomic mass is 16.5. The normalized spacial score (nSPS) is 13.8. The smallest absolute Gasteiger partial charge is 0.328 e. The summed E-state index contributed by atoms with van der Waals surface area (Å²) in [6.45, 7) is 8.59. The predicted octanol–water partition coefficient (Wildman–Crippen LogP) is 2.35. The number of ether oxygens (including phenoxy) is 2. The zero-order valence-electron chi connectivity index (χ0n) is 14.9. The first-order valence-electron chi connectivity index (χ1n) is 8.41. The van der Waals surface area contributed by atoms with Gasteiger partial charge in [-0.15, -0.1) is 6.58 Å². The Hall–Kier alpha value is -3.09. The van der Waals surface area contributed by atoms with Crippen LogP contribution in [0.5, 0.6) is 11.5 Å². The van der Waals surface area contributed by atoms with Gasteiger partial charge in [0, 0.05) is 5.56 Å². The Bertz CT molecular complexity index is 745. The van der Waals surface area contributed by atoms with Crippen molar-refractivity contribution in [1.29, 1.82) is 0 Å². The lowest BCUT2D eigenvalue weighted by atomic mass is 10.0. The zero-order valence-corrected chi connectivity index (χ0v) is 14.9. The number of barbiturate groups is 1. The van der Waals surface area contributed by atoms with Gasteiger partial charge in [-0.1, -0.05) is 13.0 Å². The monoisotopic (exact) mass is 358 g/mol. The molecule has 7 heteroatoms. The average molecular weight is 358 g/mol. The Kier molecular flexibility index (Phi) is 6.54. The Labute approximate surface area is 152 Å². The number of rotatable bonds is 8. The quantitative estimate of drug-likeness (QED) is 0.423. The number of hydrogen-bond donors (Lipinski definition) is 2. The van der Waals surface area contributed by atoms with E-state index in [0.717, 1.165) is 12.0 Å². The molecule has 1 saturated heterocycles. The molecule has 0 aliphatic carbocycles. The number of urea groups is 1. The Morgan fingerprint density at radius 2 is 1.77 bits per heavy atom. The van der Waals surface area contributed by atoms with E-state index in [-0.39, 0.29) is 5.57 Å². The summed E-state index contributed by atoms with van der Waals surface area (Å²) in [7, 11) is 0. The summed E-state index contributed by atoms with van der Waals surface area (Å²) in [5.74, 6) is -0.329. The molecule has 138 valence electrons. The van der Waals surface area contributed by atoms with Crippen LogP contribution in [0.2, 0.25) is 0 Å². The Morgan fingerprint density at radius 3 is 2.35 bits per heavy atom. The molecule has 1 aromatic carbocycles. The van der Waals surface area contributed by atoms with E-state index < -0.39 is 17.8 Å². The molecule has 0 bridgehead atoms. The maximum atomic E-state index is 11.9. The minimum Gasteiger partial charge on any atom is -0.490 e. The van der Waals surface area contributed by atoms with Crippen LogP contribution in [-0.4, -0.2) is 31.1 Å². The van der Waals surface area contributed by atoms with Crippen molar-refractivity contribution in [3.63, 3.8) is 0 Å². The van der Waals surface area contributed by atoms with E-state index in [0.29, 0.717) is 36.7 Å². The molecule has 0 atom stereocenters. The van der Waals surface area contributed by atoms with E-state index in [4.69, 9.17) is 9.47 Å². The summed E-state index contributed by atoms with van der Waals surface area (Å²) in [6.07, 6.45) is 4.53. The first kappa shape index (κ1) is 19.2. The molecule has 1 fully saturated rings. The van der Waals surface area contributed by atoms with Gasteiger partial charge in [0.25, 0.3) is 11.8 Å². The number of amides is 4. The molecule has 0 spiro atoms. The first-order chi connectivity index (χ1) is 12.5. The van der Waals surface area contributed by atoms with Crippen molar-refractivity contribution in [3.8, 4) is 11.5 Å². The second-order valence-electron chi connectivity index (χ2n) is 5.58. The SMILES string of the molecule is C=CCc1cc(C=C2C(=O)NC(=O)NC2=O)cc(OCC)c1OCCC. The average Bonchev–Trinajstić information content (AvgIpc) is 2.58. The molecule has 0 radical (unpaired) electrons. The largest absolute Gasteiger partial charge is 0.490 e. The molecule has 2 N–H and O–H groups in total. The molecule has 4 amide bonds. The van der Waals surface area contributed by atoms with Crippen LogP contribution < -0.4 is 20.1 Å². The summed E-state index contributed by atoms with van der Waals surface area (Å²) in [5.41, 5.74) is 1.27. The van der Waals surface area contributed by atoms with Crippen LogP contribution in [-0.2, 0) is 16.0 Å². The highest BCUT2D eigenvalue weighted by Crippen LogP contribution is 2.35. The number of imide groups is 2. The van der Waals surface area contributed by atoms with Crippen LogP contribution in [0.3, 0.4) is 0 Å². The molecule has 26 heavy (non-hydrogen) atoms. The molecular formula is C19H22N2O5. The van der Waals surface area contributed by atoms with Crippen molar-refractivity contribution in [2.45, 2.75) is 26.7 Å². The number of carbonyl (C=O) groups is 3. The summed E-state index contributed by atoms with van der Waals surface area (Å²) < 4.78 is 11.5. The number of carbonyl (C=O) groups excluding carboxylic acids is 3. The van der Waals surface area contributed by atoms with Gasteiger partial charge < -0.3 is 9.47 Å². The number of nitrogens with one attached hydrogen (secondary N) is 2. The topological polar surface area (TPSA) is 93.7 Å². The van der Waals surface area contributed by atoms with Crippen molar-refractivity contribution < 1.29 is 23.9 Å². The molecule has 0 saturated carbocycles. The Morgan fingerprint density at radius 1 is 1.08 bits per heavy atom. The predicted molar refractivity (Wildman–Crippen MR) is 97.0 cm³/mol. The highest BCUT2D eigenvalue weighted by Gasteiger charge is 2.28. The maximum absolute atomic E-state index is 11.9. The number of hydrogen-bond acceptors (Lipinski definition) is 5. The molecule has 1 aliphatic rings. The van der Waals surface area contributed by atoms with Gasteiger partial charge in [0.1, 0.15) is 5.57 Å². The molecule has 0 unspecified atom stereocenters. The molecular weight excluding hydrogens is 336 g/mol. The summed E-state index contributed by atoms with van der Waals surface area (Å²) in [4.78, 5) is 35.0. The fraction of sp³-hybridized carbons (Fsp3) is 0.316. The van der Waals surface area contributed by atoms with E-state index >= 15 is 0 Å². The lowest BCUT2D eigenvalue weighted by molar-refractivity contribution is -0.123. The van der Waals surface area contributed by atoms with Gasteiger partial charge in [0.2, 0.25) is 0 Å². The fourth-order valence-corrected chi connectivity index (χ4v) is 2.48. The summed E-state index contributed by atoms with van der Waals surface area (Å²) >= 11 is 0. The van der Waals surface area contributed by atoms with Gasteiger partial charge in [0.15, 0.2) is 11.5 Å². The molecule has 1 heterocycles. The summed E-state index contributed by atoms with van der Waals surface area (Å²) in [5, 5.41) is 4.10. The third-order valence-electron chi connectivity index (χ3n) is 3.52. The van der Waals surface area contributed by atoms with Crippen LogP contribution in [0.4, 0.5) is 4.79 Å². The second kappa shape index (κ2) is 8.84. The molecule has 1 aromatic rings. The third-order valence-corrected chi connectivity index (χ3v) is 3.52. The molecule has 0 aromatic heterocycles. The van der Waals surface area contributed by atoms with Crippen molar-refractivity contribution in [2.75, 3.05) is 13.2 Å². The van der Waals surface area contributed by atoms with E-state index in [9.17, 15) is 14.4 Å². The fourth-order valence-electron chi connectivity index (χ4n) is 2.48. The van der Waals surface area contributed by atoms with Gasteiger partial charge >= 0.3 is 6.03 Å². The van der Waals surface area contributed by atoms with Crippen LogP contribution in [0.15, 0.2) is 30.4 Å². The second-order valence-corrected chi connectivity index (χ2v) is 5.58. The molecule has 1 aliphatic heterocycles. The van der Waals surface area contributed by atoms with Crippen molar-refractivity contribution >= 4 is 23.9 Å². The van der Waals surface area contributed by atoms with Crippen LogP contribution in [0.25, 0.3) is 6.08 Å². The zero-order chi connectivity index (χ0) is 19.1. The minimum absolute atomic E-state index is 0.154. The Balaban J connectivity index is 2.49. The van der Waals surface area contributed by atoms with E-state index in [1.807, 2.05) is 24.5 Å². The van der Waals surface area contributed by atoms with E-state index in [2.05, 4.69) is 6.58 Å². The highest BCUT2D eigenvalue weighted by molar-refractivity contribution is 6.31. The van der Waals surface area contributed by atoms with Crippen molar-refractivity contribution in [3.05, 3.63) is 41.5 Å². The lowest BCUT2D eigenvalue weighted by Gasteiger charge is -2.17. The van der Waals surface area contributed by atoms with Crippen LogP contribution in [0, 0.1) is 0 Å². The van der Waals surface area contributed by atoms with Gasteiger partial charge in [0.05, 0.1) is 13.2 Å². The maximum Gasteiger partial charge on any atom is 0.328 e. The standard InChI is InChI=1S/C19H22N2O5/c1-4-7-13-9-12(10-14-17(22)20-19(24)21-18(14)23)11-15(25-6-3)16(13)26-8-5-2/h4,9-11H,1,5-8H2,2-3H3,(H2,20,21,22,23,24). The minimum atomic E-state index is -0.831. The molecule has 2 rings (SSSR count). The van der Waals surface area contributed by atoms with Crippen molar-refractivity contribution in [1.82, 2.24) is 10.6 Å². The van der Waals surface area contributed by atoms with E-state index in [1.165, 1.54) is 6.08 Å². The summed E-state index contributed by atoms with van der Waals surface area (Å²) in [6, 6.07) is 2.67. The van der Waals surface area contributed by atoms with Gasteiger partial charge in [-0.05, 0) is 43.5 Å². The lowest BCUT2D eigenvalue weighted by Crippen LogP contribution is -2.51. The van der Waals surface area contributed by atoms with E-state index in [1.54, 1.807) is 18.2 Å². The number of benzene rings is 1. The van der Waals surface area contributed by atoms with Gasteiger partial charge in [-0.25, -0.2) is 4.79 Å². The number of allylic oxidation sites excluding steroid dienone is 1. The molecule has 7 nitrogen and oxygen atoms in total. The first-order valence-corrected chi connectivity index (χ1v) is 8.41.